The van der Waals surface area contributed by atoms with Crippen LogP contribution in [0.5, 0.6) is 0 Å². The zero-order valence-corrected chi connectivity index (χ0v) is 9.85. The Morgan fingerprint density at radius 2 is 2.12 bits per heavy atom. The first kappa shape index (κ1) is 11.6. The fourth-order valence-corrected chi connectivity index (χ4v) is 1.69. The standard InChI is InChI=1S/C12H11N2O2S/c15-17(16)12-6-4-10(5-7-12)14-9-11-3-1-2-8-13-11/h1-4,6-8,14,17H,9H2. The van der Waals surface area contributed by atoms with Crippen molar-refractivity contribution in [3.63, 3.8) is 0 Å². The van der Waals surface area contributed by atoms with Crippen molar-refractivity contribution in [2.45, 2.75) is 11.4 Å². The van der Waals surface area contributed by atoms with Crippen LogP contribution >= 0.6 is 0 Å². The summed E-state index contributed by atoms with van der Waals surface area (Å²) in [5.41, 5.74) is 1.66. The lowest BCUT2D eigenvalue weighted by atomic mass is 10.3. The first-order valence-corrected chi connectivity index (χ1v) is 6.23. The average molecular weight is 247 g/mol. The van der Waals surface area contributed by atoms with Gasteiger partial charge in [-0.2, -0.15) is 0 Å². The van der Waals surface area contributed by atoms with Crippen LogP contribution in [-0.2, 0) is 17.2 Å². The van der Waals surface area contributed by atoms with Crippen LogP contribution in [0.4, 0.5) is 5.69 Å². The van der Waals surface area contributed by atoms with Crippen LogP contribution in [0, 0.1) is 6.07 Å². The third-order valence-corrected chi connectivity index (χ3v) is 2.89. The molecule has 0 unspecified atom stereocenters. The molecule has 0 amide bonds. The predicted molar refractivity (Wildman–Crippen MR) is 65.4 cm³/mol. The summed E-state index contributed by atoms with van der Waals surface area (Å²) in [4.78, 5) is 4.43. The third-order valence-electron chi connectivity index (χ3n) is 2.19. The molecule has 0 fully saturated rings. The second-order valence-electron chi connectivity index (χ2n) is 3.39. The minimum Gasteiger partial charge on any atom is -0.379 e. The summed E-state index contributed by atoms with van der Waals surface area (Å²) in [7, 11) is -2.53. The molecule has 1 aromatic carbocycles. The molecule has 0 aliphatic heterocycles. The Kier molecular flexibility index (Phi) is 3.72. The average Bonchev–Trinajstić information content (AvgIpc) is 2.38. The molecule has 4 nitrogen and oxygen atoms in total. The monoisotopic (exact) mass is 247 g/mol. The molecule has 0 aliphatic carbocycles. The van der Waals surface area contributed by atoms with Crippen LogP contribution in [0.1, 0.15) is 5.69 Å². The lowest BCUT2D eigenvalue weighted by molar-refractivity contribution is 0.614. The summed E-state index contributed by atoms with van der Waals surface area (Å²) in [6.45, 7) is 0.584. The molecule has 1 radical (unpaired) electrons. The smallest absolute Gasteiger partial charge is 0.168 e. The fourth-order valence-electron chi connectivity index (χ4n) is 1.33. The van der Waals surface area contributed by atoms with Gasteiger partial charge in [-0.3, -0.25) is 4.98 Å². The third kappa shape index (κ3) is 3.29. The lowest BCUT2D eigenvalue weighted by Crippen LogP contribution is -2.01. The maximum Gasteiger partial charge on any atom is 0.168 e. The fraction of sp³-hybridized carbons (Fsp3) is 0.0833. The van der Waals surface area contributed by atoms with Gasteiger partial charge in [-0.1, -0.05) is 6.07 Å². The number of nitrogens with one attached hydrogen (secondary N) is 1. The van der Waals surface area contributed by atoms with Crippen LogP contribution in [-0.4, -0.2) is 13.4 Å². The van der Waals surface area contributed by atoms with E-state index in [0.717, 1.165) is 11.4 Å². The van der Waals surface area contributed by atoms with Crippen molar-refractivity contribution >= 4 is 16.4 Å². The Morgan fingerprint density at radius 1 is 1.24 bits per heavy atom. The van der Waals surface area contributed by atoms with E-state index >= 15 is 0 Å². The summed E-state index contributed by atoms with van der Waals surface area (Å²) >= 11 is 0. The summed E-state index contributed by atoms with van der Waals surface area (Å²) in [6, 6.07) is 13.2. The Bertz CT molecular complexity index is 542. The van der Waals surface area contributed by atoms with Gasteiger partial charge in [0.05, 0.1) is 17.1 Å². The van der Waals surface area contributed by atoms with Gasteiger partial charge in [0.25, 0.3) is 0 Å². The topological polar surface area (TPSA) is 59.1 Å². The predicted octanol–water partition coefficient (Wildman–Crippen LogP) is 1.46. The van der Waals surface area contributed by atoms with Gasteiger partial charge in [0.1, 0.15) is 0 Å². The number of hydrogen-bond acceptors (Lipinski definition) is 4. The molecule has 0 aliphatic rings. The largest absolute Gasteiger partial charge is 0.379 e. The highest BCUT2D eigenvalue weighted by molar-refractivity contribution is 7.72. The Balaban J connectivity index is 2.00. The summed E-state index contributed by atoms with van der Waals surface area (Å²) < 4.78 is 21.4. The number of benzene rings is 1. The van der Waals surface area contributed by atoms with Crippen molar-refractivity contribution in [1.29, 1.82) is 0 Å². The first-order valence-electron chi connectivity index (χ1n) is 5.05. The van der Waals surface area contributed by atoms with E-state index in [9.17, 15) is 8.42 Å². The Morgan fingerprint density at radius 3 is 2.71 bits per heavy atom. The van der Waals surface area contributed by atoms with Gasteiger partial charge in [-0.25, -0.2) is 8.42 Å². The van der Waals surface area contributed by atoms with Gasteiger partial charge in [-0.15, -0.1) is 0 Å². The Labute approximate surface area is 101 Å². The van der Waals surface area contributed by atoms with Crippen LogP contribution in [0.15, 0.2) is 47.5 Å². The number of thiol groups is 1. The number of pyridine rings is 1. The molecule has 0 saturated carbocycles. The van der Waals surface area contributed by atoms with E-state index in [-0.39, 0.29) is 4.90 Å². The number of nitrogens with zero attached hydrogens (tertiary/aromatic N) is 1. The maximum atomic E-state index is 10.7. The quantitative estimate of drug-likeness (QED) is 0.803. The molecule has 0 spiro atoms. The summed E-state index contributed by atoms with van der Waals surface area (Å²) in [6.07, 6.45) is 1.73. The van der Waals surface area contributed by atoms with Crippen molar-refractivity contribution in [2.75, 3.05) is 5.32 Å². The minimum absolute atomic E-state index is 0.267. The Hall–Kier alpha value is -1.88. The molecule has 1 heterocycles. The zero-order chi connectivity index (χ0) is 12.1. The molecular formula is C12H11N2O2S. The SMILES string of the molecule is O=[SH](=O)c1c[c]c(NCc2ccccn2)cc1. The van der Waals surface area contributed by atoms with Crippen molar-refractivity contribution in [3.05, 3.63) is 54.4 Å². The van der Waals surface area contributed by atoms with E-state index in [1.165, 1.54) is 6.07 Å². The maximum absolute atomic E-state index is 10.7. The van der Waals surface area contributed by atoms with E-state index in [1.54, 1.807) is 18.3 Å². The molecule has 2 aromatic rings. The van der Waals surface area contributed by atoms with Gasteiger partial charge >= 0.3 is 0 Å². The van der Waals surface area contributed by atoms with Crippen LogP contribution < -0.4 is 5.32 Å². The molecule has 5 heteroatoms. The second kappa shape index (κ2) is 5.45. The van der Waals surface area contributed by atoms with Crippen molar-refractivity contribution in [2.24, 2.45) is 0 Å². The molecule has 17 heavy (non-hydrogen) atoms. The molecule has 0 saturated heterocycles. The number of hydrogen-bond donors (Lipinski definition) is 2. The molecular weight excluding hydrogens is 236 g/mol. The molecule has 87 valence electrons. The zero-order valence-electron chi connectivity index (χ0n) is 8.96. The van der Waals surface area contributed by atoms with Gasteiger partial charge in [-0.05, 0) is 30.3 Å². The second-order valence-corrected chi connectivity index (χ2v) is 4.42. The molecule has 1 N–H and O–H groups in total. The van der Waals surface area contributed by atoms with Gasteiger partial charge < -0.3 is 5.32 Å². The molecule has 0 bridgehead atoms. The number of rotatable bonds is 4. The highest BCUT2D eigenvalue weighted by Crippen LogP contribution is 2.10. The summed E-state index contributed by atoms with van der Waals surface area (Å²) in [5, 5.41) is 3.11. The van der Waals surface area contributed by atoms with Gasteiger partial charge in [0.15, 0.2) is 10.7 Å². The van der Waals surface area contributed by atoms with E-state index in [0.29, 0.717) is 6.54 Å². The van der Waals surface area contributed by atoms with Gasteiger partial charge in [0.2, 0.25) is 0 Å². The lowest BCUT2D eigenvalue weighted by Gasteiger charge is -2.05. The van der Waals surface area contributed by atoms with E-state index < -0.39 is 10.7 Å². The van der Waals surface area contributed by atoms with Gasteiger partial charge in [0, 0.05) is 18.0 Å². The van der Waals surface area contributed by atoms with Crippen LogP contribution in [0.2, 0.25) is 0 Å². The van der Waals surface area contributed by atoms with Crippen molar-refractivity contribution in [1.82, 2.24) is 4.98 Å². The van der Waals surface area contributed by atoms with Crippen molar-refractivity contribution in [3.8, 4) is 0 Å². The molecule has 1 aromatic heterocycles. The highest BCUT2D eigenvalue weighted by Gasteiger charge is 1.97. The molecule has 2 rings (SSSR count). The summed E-state index contributed by atoms with van der Waals surface area (Å²) in [5.74, 6) is 0. The van der Waals surface area contributed by atoms with Crippen molar-refractivity contribution < 1.29 is 8.42 Å². The molecule has 0 atom stereocenters. The van der Waals surface area contributed by atoms with Crippen LogP contribution in [0.25, 0.3) is 0 Å². The number of anilines is 1. The van der Waals surface area contributed by atoms with Crippen LogP contribution in [0.3, 0.4) is 0 Å². The normalized spacial score (nSPS) is 10.4. The highest BCUT2D eigenvalue weighted by atomic mass is 32.2. The van der Waals surface area contributed by atoms with E-state index in [2.05, 4.69) is 16.4 Å². The number of aromatic nitrogens is 1. The minimum atomic E-state index is -2.53. The van der Waals surface area contributed by atoms with E-state index in [1.807, 2.05) is 18.2 Å². The van der Waals surface area contributed by atoms with E-state index in [4.69, 9.17) is 0 Å². The first-order chi connectivity index (χ1) is 8.25.